The van der Waals surface area contributed by atoms with E-state index in [1.54, 1.807) is 4.90 Å². The average Bonchev–Trinajstić information content (AvgIpc) is 2.68. The van der Waals surface area contributed by atoms with Crippen molar-refractivity contribution in [3.05, 3.63) is 11.4 Å². The molecule has 0 saturated heterocycles. The third kappa shape index (κ3) is 1.10. The van der Waals surface area contributed by atoms with Gasteiger partial charge in [0.25, 0.3) is 5.91 Å². The third-order valence-corrected chi connectivity index (χ3v) is 2.21. The normalized spacial score (nSPS) is 17.7. The molecule has 1 unspecified atom stereocenters. The van der Waals surface area contributed by atoms with Crippen molar-refractivity contribution in [2.45, 2.75) is 19.5 Å². The Labute approximate surface area is 74.6 Å². The molecule has 0 spiro atoms. The number of hydrogen-bond donors (Lipinski definition) is 1. The molecule has 1 atom stereocenters. The van der Waals surface area contributed by atoms with Gasteiger partial charge in [-0.3, -0.25) is 4.79 Å². The molecule has 6 nitrogen and oxygen atoms in total. The van der Waals surface area contributed by atoms with E-state index >= 15 is 0 Å². The summed E-state index contributed by atoms with van der Waals surface area (Å²) in [6, 6.07) is 0.0171. The molecule has 0 aromatic carbocycles. The SMILES string of the molecule is CC(CN)N1Cc2nonc2C1=O. The summed E-state index contributed by atoms with van der Waals surface area (Å²) in [5, 5.41) is 7.15. The van der Waals surface area contributed by atoms with Gasteiger partial charge in [-0.2, -0.15) is 0 Å². The maximum atomic E-state index is 11.6. The second-order valence-electron chi connectivity index (χ2n) is 3.08. The van der Waals surface area contributed by atoms with Crippen molar-refractivity contribution in [2.24, 2.45) is 5.73 Å². The van der Waals surface area contributed by atoms with E-state index in [0.29, 0.717) is 24.5 Å². The Bertz CT molecular complexity index is 335. The minimum absolute atomic E-state index is 0.0171. The highest BCUT2D eigenvalue weighted by molar-refractivity contribution is 5.95. The van der Waals surface area contributed by atoms with Gasteiger partial charge in [0.2, 0.25) is 0 Å². The first-order valence-electron chi connectivity index (χ1n) is 4.06. The monoisotopic (exact) mass is 182 g/mol. The van der Waals surface area contributed by atoms with E-state index in [1.807, 2.05) is 6.92 Å². The van der Waals surface area contributed by atoms with Crippen LogP contribution in [0.2, 0.25) is 0 Å². The van der Waals surface area contributed by atoms with Gasteiger partial charge >= 0.3 is 0 Å². The van der Waals surface area contributed by atoms with Gasteiger partial charge in [-0.15, -0.1) is 0 Å². The second kappa shape index (κ2) is 2.81. The van der Waals surface area contributed by atoms with E-state index < -0.39 is 0 Å². The van der Waals surface area contributed by atoms with Gasteiger partial charge < -0.3 is 10.6 Å². The van der Waals surface area contributed by atoms with Crippen molar-refractivity contribution in [3.8, 4) is 0 Å². The van der Waals surface area contributed by atoms with Crippen molar-refractivity contribution in [2.75, 3.05) is 6.54 Å². The van der Waals surface area contributed by atoms with Crippen molar-refractivity contribution >= 4 is 5.91 Å². The molecular formula is C7H10N4O2. The number of nitrogens with two attached hydrogens (primary N) is 1. The van der Waals surface area contributed by atoms with Crippen LogP contribution in [0, 0.1) is 0 Å². The molecule has 2 heterocycles. The highest BCUT2D eigenvalue weighted by Gasteiger charge is 2.34. The Kier molecular flexibility index (Phi) is 1.77. The average molecular weight is 182 g/mol. The van der Waals surface area contributed by atoms with E-state index in [2.05, 4.69) is 14.9 Å². The smallest absolute Gasteiger partial charge is 0.278 e. The molecule has 0 bridgehead atoms. The number of fused-ring (bicyclic) bond motifs is 1. The highest BCUT2D eigenvalue weighted by Crippen LogP contribution is 2.20. The molecule has 0 radical (unpaired) electrons. The quantitative estimate of drug-likeness (QED) is 0.658. The van der Waals surface area contributed by atoms with Crippen molar-refractivity contribution < 1.29 is 9.42 Å². The summed E-state index contributed by atoms with van der Waals surface area (Å²) in [6.45, 7) is 2.78. The lowest BCUT2D eigenvalue weighted by Crippen LogP contribution is -2.38. The summed E-state index contributed by atoms with van der Waals surface area (Å²) in [4.78, 5) is 13.2. The maximum Gasteiger partial charge on any atom is 0.278 e. The molecular weight excluding hydrogens is 172 g/mol. The molecule has 1 aliphatic heterocycles. The number of nitrogens with zero attached hydrogens (tertiary/aromatic N) is 3. The summed E-state index contributed by atoms with van der Waals surface area (Å²) in [5.41, 5.74) is 6.38. The fourth-order valence-electron chi connectivity index (χ4n) is 1.33. The van der Waals surface area contributed by atoms with E-state index in [0.717, 1.165) is 0 Å². The lowest BCUT2D eigenvalue weighted by atomic mass is 10.3. The Morgan fingerprint density at radius 1 is 1.69 bits per heavy atom. The van der Waals surface area contributed by atoms with Gasteiger partial charge in [-0.25, -0.2) is 4.63 Å². The van der Waals surface area contributed by atoms with Crippen molar-refractivity contribution in [1.82, 2.24) is 15.2 Å². The minimum atomic E-state index is -0.144. The van der Waals surface area contributed by atoms with E-state index in [1.165, 1.54) is 0 Å². The third-order valence-electron chi connectivity index (χ3n) is 2.21. The molecule has 0 saturated carbocycles. The van der Waals surface area contributed by atoms with Crippen LogP contribution in [-0.2, 0) is 6.54 Å². The van der Waals surface area contributed by atoms with Gasteiger partial charge in [0.15, 0.2) is 5.69 Å². The first kappa shape index (κ1) is 8.18. The lowest BCUT2D eigenvalue weighted by molar-refractivity contribution is 0.0701. The molecule has 2 rings (SSSR count). The van der Waals surface area contributed by atoms with Crippen molar-refractivity contribution in [3.63, 3.8) is 0 Å². The number of carbonyl (C=O) groups is 1. The van der Waals surface area contributed by atoms with Gasteiger partial charge in [0, 0.05) is 12.6 Å². The molecule has 13 heavy (non-hydrogen) atoms. The van der Waals surface area contributed by atoms with Crippen LogP contribution in [0.15, 0.2) is 4.63 Å². The standard InChI is InChI=1S/C7H10N4O2/c1-4(2-8)11-3-5-6(7(11)12)10-13-9-5/h4H,2-3,8H2,1H3. The largest absolute Gasteiger partial charge is 0.328 e. The molecule has 70 valence electrons. The topological polar surface area (TPSA) is 85.2 Å². The molecule has 1 amide bonds. The number of amides is 1. The zero-order valence-electron chi connectivity index (χ0n) is 7.23. The Morgan fingerprint density at radius 2 is 2.46 bits per heavy atom. The van der Waals surface area contributed by atoms with Gasteiger partial charge in [0.05, 0.1) is 6.54 Å². The van der Waals surface area contributed by atoms with Crippen LogP contribution >= 0.6 is 0 Å². The van der Waals surface area contributed by atoms with E-state index in [-0.39, 0.29) is 11.9 Å². The minimum Gasteiger partial charge on any atom is -0.328 e. The highest BCUT2D eigenvalue weighted by atomic mass is 16.6. The van der Waals surface area contributed by atoms with Crippen LogP contribution in [0.1, 0.15) is 23.1 Å². The Morgan fingerprint density at radius 3 is 3.08 bits per heavy atom. The van der Waals surface area contributed by atoms with Gasteiger partial charge in [-0.1, -0.05) is 5.16 Å². The maximum absolute atomic E-state index is 11.6. The van der Waals surface area contributed by atoms with Crippen molar-refractivity contribution in [1.29, 1.82) is 0 Å². The molecule has 0 fully saturated rings. The first-order valence-corrected chi connectivity index (χ1v) is 4.06. The van der Waals surface area contributed by atoms with Crippen LogP contribution in [0.25, 0.3) is 0 Å². The fourth-order valence-corrected chi connectivity index (χ4v) is 1.33. The first-order chi connectivity index (χ1) is 6.24. The summed E-state index contributed by atoms with van der Waals surface area (Å²) in [7, 11) is 0. The summed E-state index contributed by atoms with van der Waals surface area (Å²) in [6.07, 6.45) is 0. The predicted molar refractivity (Wildman–Crippen MR) is 42.7 cm³/mol. The zero-order valence-corrected chi connectivity index (χ0v) is 7.23. The number of aromatic nitrogens is 2. The fraction of sp³-hybridized carbons (Fsp3) is 0.571. The van der Waals surface area contributed by atoms with E-state index in [9.17, 15) is 4.79 Å². The number of carbonyl (C=O) groups excluding carboxylic acids is 1. The lowest BCUT2D eigenvalue weighted by Gasteiger charge is -2.21. The molecule has 1 aliphatic rings. The molecule has 6 heteroatoms. The number of rotatable bonds is 2. The molecule has 2 N–H and O–H groups in total. The zero-order chi connectivity index (χ0) is 9.42. The number of hydrogen-bond acceptors (Lipinski definition) is 5. The molecule has 0 aliphatic carbocycles. The second-order valence-corrected chi connectivity index (χ2v) is 3.08. The van der Waals surface area contributed by atoms with Crippen LogP contribution in [0.4, 0.5) is 0 Å². The van der Waals surface area contributed by atoms with Gasteiger partial charge in [-0.05, 0) is 12.1 Å². The molecule has 1 aromatic heterocycles. The summed E-state index contributed by atoms with van der Waals surface area (Å²) in [5.74, 6) is -0.144. The van der Waals surface area contributed by atoms with Gasteiger partial charge in [0.1, 0.15) is 5.69 Å². The molecule has 1 aromatic rings. The van der Waals surface area contributed by atoms with Crippen LogP contribution in [-0.4, -0.2) is 33.7 Å². The Balaban J connectivity index is 2.24. The Hall–Kier alpha value is -1.43. The van der Waals surface area contributed by atoms with Crippen LogP contribution in [0.5, 0.6) is 0 Å². The van der Waals surface area contributed by atoms with E-state index in [4.69, 9.17) is 5.73 Å². The summed E-state index contributed by atoms with van der Waals surface area (Å²) < 4.78 is 4.44. The van der Waals surface area contributed by atoms with Crippen LogP contribution < -0.4 is 5.73 Å². The predicted octanol–water partition coefficient (Wildman–Crippen LogP) is -0.627. The van der Waals surface area contributed by atoms with Crippen LogP contribution in [0.3, 0.4) is 0 Å². The summed E-state index contributed by atoms with van der Waals surface area (Å²) >= 11 is 0.